The zero-order valence-electron chi connectivity index (χ0n) is 16.0. The first kappa shape index (κ1) is 21.1. The number of hydrogen-bond donors (Lipinski definition) is 6. The maximum Gasteiger partial charge on any atom is 0.229 e. The zero-order valence-corrected chi connectivity index (χ0v) is 16.0. The molecule has 0 amide bonds. The molecule has 1 aromatic heterocycles. The topological polar surface area (TPSA) is 170 Å². The lowest BCUT2D eigenvalue weighted by Crippen LogP contribution is -2.60. The lowest BCUT2D eigenvalue weighted by atomic mass is 9.99. The Balaban J connectivity index is 1.74. The van der Waals surface area contributed by atoms with Crippen LogP contribution in [-0.2, 0) is 4.74 Å². The van der Waals surface area contributed by atoms with Gasteiger partial charge in [0, 0.05) is 17.7 Å². The average molecular weight is 432 g/mol. The van der Waals surface area contributed by atoms with E-state index in [0.717, 1.165) is 6.07 Å². The Morgan fingerprint density at radius 3 is 2.35 bits per heavy atom. The van der Waals surface area contributed by atoms with Crippen molar-refractivity contribution in [2.45, 2.75) is 30.7 Å². The van der Waals surface area contributed by atoms with E-state index in [0.29, 0.717) is 5.56 Å². The Hall–Kier alpha value is -3.15. The lowest BCUT2D eigenvalue weighted by Gasteiger charge is -2.39. The Labute approximate surface area is 174 Å². The van der Waals surface area contributed by atoms with Crippen molar-refractivity contribution in [3.63, 3.8) is 0 Å². The molecule has 2 heterocycles. The van der Waals surface area contributed by atoms with Crippen LogP contribution in [0.4, 0.5) is 0 Å². The molecule has 3 aromatic rings. The molecule has 2 aromatic carbocycles. The number of ether oxygens (including phenoxy) is 2. The fraction of sp³-hybridized carbons (Fsp3) is 0.286. The van der Waals surface area contributed by atoms with Gasteiger partial charge in [-0.2, -0.15) is 0 Å². The van der Waals surface area contributed by atoms with E-state index in [2.05, 4.69) is 0 Å². The highest BCUT2D eigenvalue weighted by atomic mass is 16.7. The maximum atomic E-state index is 12.7. The quantitative estimate of drug-likeness (QED) is 0.331. The van der Waals surface area contributed by atoms with Gasteiger partial charge in [0.25, 0.3) is 0 Å². The maximum absolute atomic E-state index is 12.7. The molecule has 10 nitrogen and oxygen atoms in total. The predicted octanol–water partition coefficient (Wildman–Crippen LogP) is 0.0499. The van der Waals surface area contributed by atoms with Crippen molar-refractivity contribution in [3.05, 3.63) is 52.7 Å². The van der Waals surface area contributed by atoms with Crippen LogP contribution in [-0.4, -0.2) is 68.0 Å². The molecule has 5 atom stereocenters. The molecule has 6 N–H and O–H groups in total. The van der Waals surface area contributed by atoms with Gasteiger partial charge in [-0.3, -0.25) is 4.79 Å². The Morgan fingerprint density at radius 2 is 1.68 bits per heavy atom. The van der Waals surface area contributed by atoms with Crippen molar-refractivity contribution in [1.82, 2.24) is 0 Å². The summed E-state index contributed by atoms with van der Waals surface area (Å²) in [6, 6.07) is 11.0. The number of aromatic hydroxyl groups is 2. The molecule has 0 radical (unpaired) electrons. The van der Waals surface area contributed by atoms with Gasteiger partial charge in [0.1, 0.15) is 41.1 Å². The molecule has 4 rings (SSSR count). The van der Waals surface area contributed by atoms with Crippen LogP contribution in [0.15, 0.2) is 51.7 Å². The molecule has 1 aliphatic heterocycles. The summed E-state index contributed by atoms with van der Waals surface area (Å²) in [5.74, 6) is -1.77. The minimum atomic E-state index is -1.77. The lowest BCUT2D eigenvalue weighted by molar-refractivity contribution is -0.277. The van der Waals surface area contributed by atoms with Gasteiger partial charge in [-0.25, -0.2) is 0 Å². The number of fused-ring (bicyclic) bond motifs is 1. The Kier molecular flexibility index (Phi) is 5.56. The number of aliphatic hydroxyl groups excluding tert-OH is 4. The van der Waals surface area contributed by atoms with E-state index >= 15 is 0 Å². The number of aliphatic hydroxyl groups is 4. The van der Waals surface area contributed by atoms with E-state index in [1.54, 1.807) is 30.3 Å². The van der Waals surface area contributed by atoms with Gasteiger partial charge in [-0.15, -0.1) is 0 Å². The van der Waals surface area contributed by atoms with E-state index in [1.807, 2.05) is 0 Å². The van der Waals surface area contributed by atoms with Crippen molar-refractivity contribution < 1.29 is 44.5 Å². The van der Waals surface area contributed by atoms with Crippen molar-refractivity contribution in [1.29, 1.82) is 0 Å². The first-order chi connectivity index (χ1) is 14.8. The molecule has 31 heavy (non-hydrogen) atoms. The predicted molar refractivity (Wildman–Crippen MR) is 106 cm³/mol. The van der Waals surface area contributed by atoms with Gasteiger partial charge in [0.2, 0.25) is 12.0 Å². The second kappa shape index (κ2) is 8.17. The van der Waals surface area contributed by atoms with E-state index in [1.165, 1.54) is 6.07 Å². The fourth-order valence-corrected chi connectivity index (χ4v) is 3.41. The molecule has 1 aliphatic rings. The highest BCUT2D eigenvalue weighted by Gasteiger charge is 2.45. The monoisotopic (exact) mass is 432 g/mol. The van der Waals surface area contributed by atoms with Crippen LogP contribution < -0.4 is 10.2 Å². The number of benzene rings is 2. The van der Waals surface area contributed by atoms with Crippen molar-refractivity contribution in [2.75, 3.05) is 6.61 Å². The van der Waals surface area contributed by atoms with E-state index in [4.69, 9.17) is 13.9 Å². The molecule has 0 unspecified atom stereocenters. The third-order valence-electron chi connectivity index (χ3n) is 5.07. The first-order valence-electron chi connectivity index (χ1n) is 9.37. The van der Waals surface area contributed by atoms with Gasteiger partial charge in [-0.05, 0) is 0 Å². The molecule has 1 saturated heterocycles. The molecule has 0 spiro atoms. The van der Waals surface area contributed by atoms with Crippen LogP contribution >= 0.6 is 0 Å². The summed E-state index contributed by atoms with van der Waals surface area (Å²) in [4.78, 5) is 12.7. The summed E-state index contributed by atoms with van der Waals surface area (Å²) < 4.78 is 16.2. The Morgan fingerprint density at radius 1 is 0.968 bits per heavy atom. The molecule has 0 saturated carbocycles. The molecular formula is C21H20O10. The largest absolute Gasteiger partial charge is 0.504 e. The van der Waals surface area contributed by atoms with Gasteiger partial charge < -0.3 is 44.5 Å². The van der Waals surface area contributed by atoms with Gasteiger partial charge in [-0.1, -0.05) is 30.3 Å². The molecule has 0 aliphatic carbocycles. The second-order valence-corrected chi connectivity index (χ2v) is 7.10. The van der Waals surface area contributed by atoms with E-state index in [9.17, 15) is 35.4 Å². The zero-order chi connectivity index (χ0) is 22.3. The van der Waals surface area contributed by atoms with Crippen LogP contribution in [0.2, 0.25) is 0 Å². The minimum Gasteiger partial charge on any atom is -0.504 e. The molecular weight excluding hydrogens is 412 g/mol. The average Bonchev–Trinajstić information content (AvgIpc) is 2.76. The van der Waals surface area contributed by atoms with Gasteiger partial charge in [0.15, 0.2) is 16.9 Å². The second-order valence-electron chi connectivity index (χ2n) is 7.10. The summed E-state index contributed by atoms with van der Waals surface area (Å²) >= 11 is 0. The Bertz CT molecular complexity index is 1140. The van der Waals surface area contributed by atoms with E-state index < -0.39 is 60.0 Å². The normalized spacial score (nSPS) is 26.1. The first-order valence-corrected chi connectivity index (χ1v) is 9.37. The third kappa shape index (κ3) is 3.71. The standard InChI is InChI=1S/C21H20O10/c22-8-14-16(25)18(27)19(28)21(30-14)31-20-11(24)7-13-15(17(20)26)10(23)6-12(29-13)9-4-2-1-3-5-9/h1-7,14,16,18-19,21-22,24-28H,8H2/t14-,16-,18+,19-,21+/m1/s1. The summed E-state index contributed by atoms with van der Waals surface area (Å²) in [5, 5.41) is 59.8. The van der Waals surface area contributed by atoms with Gasteiger partial charge in [0.05, 0.1) is 6.61 Å². The van der Waals surface area contributed by atoms with Crippen molar-refractivity contribution >= 4 is 11.0 Å². The highest BCUT2D eigenvalue weighted by molar-refractivity contribution is 5.89. The van der Waals surface area contributed by atoms with Crippen LogP contribution in [0.1, 0.15) is 0 Å². The van der Waals surface area contributed by atoms with Crippen molar-refractivity contribution in [2.24, 2.45) is 0 Å². The summed E-state index contributed by atoms with van der Waals surface area (Å²) in [6.07, 6.45) is -8.03. The molecule has 164 valence electrons. The number of phenols is 2. The molecule has 0 bridgehead atoms. The number of hydrogen-bond acceptors (Lipinski definition) is 10. The van der Waals surface area contributed by atoms with Crippen LogP contribution in [0, 0.1) is 0 Å². The highest BCUT2D eigenvalue weighted by Crippen LogP contribution is 2.43. The van der Waals surface area contributed by atoms with Crippen LogP contribution in [0.25, 0.3) is 22.3 Å². The van der Waals surface area contributed by atoms with E-state index in [-0.39, 0.29) is 16.7 Å². The van der Waals surface area contributed by atoms with Crippen LogP contribution in [0.3, 0.4) is 0 Å². The summed E-state index contributed by atoms with van der Waals surface area (Å²) in [6.45, 7) is -0.688. The summed E-state index contributed by atoms with van der Waals surface area (Å²) in [7, 11) is 0. The summed E-state index contributed by atoms with van der Waals surface area (Å²) in [5.41, 5.74) is -0.110. The van der Waals surface area contributed by atoms with Gasteiger partial charge >= 0.3 is 0 Å². The van der Waals surface area contributed by atoms with Crippen molar-refractivity contribution in [3.8, 4) is 28.6 Å². The SMILES string of the molecule is O=c1cc(-c2ccccc2)oc2cc(O)c(O[C@@H]3O[C@H](CO)[C@@H](O)[C@H](O)[C@H]3O)c(O)c12. The fourth-order valence-electron chi connectivity index (χ4n) is 3.41. The minimum absolute atomic E-state index is 0.109. The number of phenolic OH excluding ortho intramolecular Hbond substituents is 2. The molecule has 10 heteroatoms. The molecule has 1 fully saturated rings. The smallest absolute Gasteiger partial charge is 0.229 e. The number of rotatable bonds is 4. The van der Waals surface area contributed by atoms with Crippen LogP contribution in [0.5, 0.6) is 17.2 Å². The third-order valence-corrected chi connectivity index (χ3v) is 5.07.